The summed E-state index contributed by atoms with van der Waals surface area (Å²) in [4.78, 5) is 0. The van der Waals surface area contributed by atoms with E-state index in [4.69, 9.17) is 10.5 Å². The molecule has 1 aliphatic rings. The van der Waals surface area contributed by atoms with Crippen molar-refractivity contribution in [1.29, 1.82) is 0 Å². The second-order valence-corrected chi connectivity index (χ2v) is 5.06. The molecule has 2 rings (SSSR count). The molecule has 16 heavy (non-hydrogen) atoms. The molecule has 1 aromatic rings. The van der Waals surface area contributed by atoms with Crippen molar-refractivity contribution in [2.24, 2.45) is 11.1 Å². The molecular formula is C13H18FNO. The van der Waals surface area contributed by atoms with Gasteiger partial charge in [-0.25, -0.2) is 4.39 Å². The first-order valence-corrected chi connectivity index (χ1v) is 5.67. The fourth-order valence-corrected chi connectivity index (χ4v) is 2.32. The number of halogens is 1. The van der Waals surface area contributed by atoms with Crippen LogP contribution in [0, 0.1) is 11.2 Å². The molecule has 0 saturated carbocycles. The number of benzene rings is 1. The third kappa shape index (κ3) is 1.92. The van der Waals surface area contributed by atoms with Crippen LogP contribution in [0.2, 0.25) is 0 Å². The summed E-state index contributed by atoms with van der Waals surface area (Å²) in [6.07, 6.45) is 0.947. The number of ether oxygens (including phenoxy) is 1. The van der Waals surface area contributed by atoms with Gasteiger partial charge in [-0.05, 0) is 35.9 Å². The zero-order valence-corrected chi connectivity index (χ0v) is 9.79. The molecule has 0 aliphatic carbocycles. The largest absolute Gasteiger partial charge is 0.493 e. The van der Waals surface area contributed by atoms with Gasteiger partial charge in [0.1, 0.15) is 11.6 Å². The van der Waals surface area contributed by atoms with Crippen molar-refractivity contribution in [3.05, 3.63) is 29.6 Å². The predicted octanol–water partition coefficient (Wildman–Crippen LogP) is 2.68. The van der Waals surface area contributed by atoms with Gasteiger partial charge in [-0.2, -0.15) is 0 Å². The van der Waals surface area contributed by atoms with Crippen molar-refractivity contribution < 1.29 is 9.13 Å². The molecule has 0 spiro atoms. The zero-order valence-electron chi connectivity index (χ0n) is 9.79. The van der Waals surface area contributed by atoms with Crippen LogP contribution in [0.1, 0.15) is 31.7 Å². The smallest absolute Gasteiger partial charge is 0.126 e. The van der Waals surface area contributed by atoms with Crippen LogP contribution in [0.25, 0.3) is 0 Å². The molecule has 0 bridgehead atoms. The summed E-state index contributed by atoms with van der Waals surface area (Å²) in [5.41, 5.74) is 6.92. The van der Waals surface area contributed by atoms with E-state index in [0.717, 1.165) is 12.0 Å². The van der Waals surface area contributed by atoms with E-state index in [9.17, 15) is 4.39 Å². The SMILES string of the molecule is CC(C)(CN)C1CCOc2cc(F)ccc21. The lowest BCUT2D eigenvalue weighted by Crippen LogP contribution is -2.34. The summed E-state index contributed by atoms with van der Waals surface area (Å²) in [6.45, 7) is 5.56. The maximum atomic E-state index is 13.1. The minimum absolute atomic E-state index is 0.0242. The Bertz CT molecular complexity index is 390. The average molecular weight is 223 g/mol. The summed E-state index contributed by atoms with van der Waals surface area (Å²) in [5, 5.41) is 0. The van der Waals surface area contributed by atoms with Gasteiger partial charge in [0.2, 0.25) is 0 Å². The van der Waals surface area contributed by atoms with E-state index in [1.165, 1.54) is 12.1 Å². The van der Waals surface area contributed by atoms with Crippen molar-refractivity contribution in [1.82, 2.24) is 0 Å². The van der Waals surface area contributed by atoms with Gasteiger partial charge in [-0.3, -0.25) is 0 Å². The number of hydrogen-bond donors (Lipinski definition) is 1. The molecule has 0 aromatic heterocycles. The summed E-state index contributed by atoms with van der Waals surface area (Å²) in [7, 11) is 0. The van der Waals surface area contributed by atoms with Crippen LogP contribution < -0.4 is 10.5 Å². The van der Waals surface area contributed by atoms with Crippen LogP contribution in [0.4, 0.5) is 4.39 Å². The zero-order chi connectivity index (χ0) is 11.8. The van der Waals surface area contributed by atoms with Crippen molar-refractivity contribution in [2.45, 2.75) is 26.2 Å². The monoisotopic (exact) mass is 223 g/mol. The highest BCUT2D eigenvalue weighted by Crippen LogP contribution is 2.44. The minimum atomic E-state index is -0.245. The third-order valence-electron chi connectivity index (χ3n) is 3.48. The molecule has 0 fully saturated rings. The van der Waals surface area contributed by atoms with Crippen LogP contribution in [0.15, 0.2) is 18.2 Å². The molecule has 1 unspecified atom stereocenters. The van der Waals surface area contributed by atoms with Crippen molar-refractivity contribution in [3.8, 4) is 5.75 Å². The molecule has 2 N–H and O–H groups in total. The molecule has 3 heteroatoms. The van der Waals surface area contributed by atoms with Crippen molar-refractivity contribution >= 4 is 0 Å². The van der Waals surface area contributed by atoms with Gasteiger partial charge in [0.25, 0.3) is 0 Å². The highest BCUT2D eigenvalue weighted by Gasteiger charge is 2.33. The van der Waals surface area contributed by atoms with E-state index < -0.39 is 0 Å². The average Bonchev–Trinajstić information content (AvgIpc) is 2.27. The molecule has 88 valence electrons. The molecule has 1 aromatic carbocycles. The van der Waals surface area contributed by atoms with E-state index in [1.54, 1.807) is 0 Å². The van der Waals surface area contributed by atoms with Gasteiger partial charge in [0.15, 0.2) is 0 Å². The molecule has 1 atom stereocenters. The maximum absolute atomic E-state index is 13.1. The summed E-state index contributed by atoms with van der Waals surface area (Å²) >= 11 is 0. The van der Waals surface area contributed by atoms with E-state index in [0.29, 0.717) is 24.8 Å². The quantitative estimate of drug-likeness (QED) is 0.836. The van der Waals surface area contributed by atoms with Crippen molar-refractivity contribution in [3.63, 3.8) is 0 Å². The number of fused-ring (bicyclic) bond motifs is 1. The molecule has 0 amide bonds. The first-order chi connectivity index (χ1) is 7.54. The van der Waals surface area contributed by atoms with Crippen LogP contribution in [-0.4, -0.2) is 13.2 Å². The molecular weight excluding hydrogens is 205 g/mol. The molecule has 0 saturated heterocycles. The van der Waals surface area contributed by atoms with Gasteiger partial charge < -0.3 is 10.5 Å². The van der Waals surface area contributed by atoms with Gasteiger partial charge in [0, 0.05) is 6.07 Å². The van der Waals surface area contributed by atoms with Gasteiger partial charge >= 0.3 is 0 Å². The lowest BCUT2D eigenvalue weighted by molar-refractivity contribution is 0.194. The van der Waals surface area contributed by atoms with Gasteiger partial charge in [0.05, 0.1) is 6.61 Å². The third-order valence-corrected chi connectivity index (χ3v) is 3.48. The van der Waals surface area contributed by atoms with E-state index in [-0.39, 0.29) is 11.2 Å². The Morgan fingerprint density at radius 2 is 2.25 bits per heavy atom. The highest BCUT2D eigenvalue weighted by molar-refractivity contribution is 5.39. The fourth-order valence-electron chi connectivity index (χ4n) is 2.32. The summed E-state index contributed by atoms with van der Waals surface area (Å²) in [6, 6.07) is 4.78. The summed E-state index contributed by atoms with van der Waals surface area (Å²) < 4.78 is 18.6. The van der Waals surface area contributed by atoms with Gasteiger partial charge in [-0.1, -0.05) is 19.9 Å². The maximum Gasteiger partial charge on any atom is 0.126 e. The fraction of sp³-hybridized carbons (Fsp3) is 0.538. The topological polar surface area (TPSA) is 35.2 Å². The van der Waals surface area contributed by atoms with E-state index >= 15 is 0 Å². The second kappa shape index (κ2) is 4.06. The number of hydrogen-bond acceptors (Lipinski definition) is 2. The first-order valence-electron chi connectivity index (χ1n) is 5.67. The molecule has 0 radical (unpaired) electrons. The van der Waals surface area contributed by atoms with E-state index in [1.807, 2.05) is 6.07 Å². The predicted molar refractivity (Wildman–Crippen MR) is 62.1 cm³/mol. The van der Waals surface area contributed by atoms with Crippen molar-refractivity contribution in [2.75, 3.05) is 13.2 Å². The van der Waals surface area contributed by atoms with Crippen LogP contribution in [-0.2, 0) is 0 Å². The molecule has 2 nitrogen and oxygen atoms in total. The second-order valence-electron chi connectivity index (χ2n) is 5.06. The molecule has 1 heterocycles. The lowest BCUT2D eigenvalue weighted by Gasteiger charge is -2.37. The Balaban J connectivity index is 2.40. The van der Waals surface area contributed by atoms with Crippen LogP contribution >= 0.6 is 0 Å². The Labute approximate surface area is 95.6 Å². The Kier molecular flexibility index (Phi) is 2.89. The van der Waals surface area contributed by atoms with Gasteiger partial charge in [-0.15, -0.1) is 0 Å². The van der Waals surface area contributed by atoms with Crippen LogP contribution in [0.5, 0.6) is 5.75 Å². The number of rotatable bonds is 2. The minimum Gasteiger partial charge on any atom is -0.493 e. The van der Waals surface area contributed by atoms with Crippen LogP contribution in [0.3, 0.4) is 0 Å². The Morgan fingerprint density at radius 3 is 2.94 bits per heavy atom. The normalized spacial score (nSPS) is 20.1. The number of nitrogens with two attached hydrogens (primary N) is 1. The Morgan fingerprint density at radius 1 is 1.50 bits per heavy atom. The van der Waals surface area contributed by atoms with E-state index in [2.05, 4.69) is 13.8 Å². The molecule has 1 aliphatic heterocycles. The highest BCUT2D eigenvalue weighted by atomic mass is 19.1. The lowest BCUT2D eigenvalue weighted by atomic mass is 9.72. The first kappa shape index (κ1) is 11.4. The Hall–Kier alpha value is -1.09. The summed E-state index contributed by atoms with van der Waals surface area (Å²) in [5.74, 6) is 0.782. The standard InChI is InChI=1S/C13H18FNO/c1-13(2,8-15)11-5-6-16-12-7-9(14)3-4-10(11)12/h3-4,7,11H,5-6,8,15H2,1-2H3.